The quantitative estimate of drug-likeness (QED) is 0.404. The molecule has 0 radical (unpaired) electrons. The van der Waals surface area contributed by atoms with Gasteiger partial charge in [-0.1, -0.05) is 0 Å². The summed E-state index contributed by atoms with van der Waals surface area (Å²) >= 11 is 1.27. The smallest absolute Gasteiger partial charge is 0.243 e. The normalized spacial score (nSPS) is 10.6. The molecule has 162 valence electrons. The number of anilines is 1. The maximum absolute atomic E-state index is 13.5. The Bertz CT molecular complexity index is 1090. The zero-order valence-corrected chi connectivity index (χ0v) is 16.6. The van der Waals surface area contributed by atoms with Crippen molar-refractivity contribution in [1.29, 1.82) is 0 Å². The van der Waals surface area contributed by atoms with E-state index in [1.54, 1.807) is 5.38 Å². The van der Waals surface area contributed by atoms with Crippen LogP contribution in [-0.4, -0.2) is 23.3 Å². The number of carbonyl (C=O) groups is 2. The number of nitrogens with zero attached hydrogens (tertiary/aromatic N) is 1. The first kappa shape index (κ1) is 22.2. The summed E-state index contributed by atoms with van der Waals surface area (Å²) in [6, 6.07) is 7.04. The number of carbonyl (C=O) groups excluding carboxylic acids is 2. The number of hydrogen-bond donors (Lipinski definition) is 2. The monoisotopic (exact) mass is 453 g/mol. The van der Waals surface area contributed by atoms with Crippen LogP contribution in [0.4, 0.5) is 23.2 Å². The van der Waals surface area contributed by atoms with E-state index in [-0.39, 0.29) is 18.8 Å². The number of amides is 2. The Morgan fingerprint density at radius 3 is 2.45 bits per heavy atom. The summed E-state index contributed by atoms with van der Waals surface area (Å²) in [6.45, 7) is -0.359. The van der Waals surface area contributed by atoms with Gasteiger partial charge in [0.05, 0.1) is 24.3 Å². The highest BCUT2D eigenvalue weighted by molar-refractivity contribution is 7.09. The molecule has 11 heteroatoms. The molecule has 0 atom stereocenters. The molecular weight excluding hydrogens is 438 g/mol. The largest absolute Gasteiger partial charge is 0.486 e. The first-order chi connectivity index (χ1) is 14.8. The van der Waals surface area contributed by atoms with Crippen molar-refractivity contribution in [3.63, 3.8) is 0 Å². The maximum Gasteiger partial charge on any atom is 0.243 e. The first-order valence-electron chi connectivity index (χ1n) is 8.83. The lowest BCUT2D eigenvalue weighted by Gasteiger charge is -2.08. The first-order valence-corrected chi connectivity index (χ1v) is 9.71. The molecule has 0 bridgehead atoms. The molecule has 0 saturated heterocycles. The summed E-state index contributed by atoms with van der Waals surface area (Å²) in [5.41, 5.74) is -0.0873. The summed E-state index contributed by atoms with van der Waals surface area (Å²) in [6.07, 6.45) is -0.111. The van der Waals surface area contributed by atoms with Crippen LogP contribution in [0.3, 0.4) is 0 Å². The Morgan fingerprint density at radius 1 is 0.968 bits per heavy atom. The minimum absolute atomic E-state index is 0.111. The molecule has 0 aliphatic rings. The van der Waals surface area contributed by atoms with Gasteiger partial charge in [-0.3, -0.25) is 9.59 Å². The molecule has 2 N–H and O–H groups in total. The summed E-state index contributed by atoms with van der Waals surface area (Å²) in [5.74, 6) is -5.85. The Labute approximate surface area is 177 Å². The lowest BCUT2D eigenvalue weighted by atomic mass is 10.2. The molecule has 1 aromatic heterocycles. The topological polar surface area (TPSA) is 80.3 Å². The van der Waals surface area contributed by atoms with E-state index in [1.807, 2.05) is 5.32 Å². The fourth-order valence-electron chi connectivity index (χ4n) is 2.39. The number of ether oxygens (including phenoxy) is 1. The van der Waals surface area contributed by atoms with Crippen LogP contribution >= 0.6 is 11.3 Å². The number of nitrogens with one attached hydrogen (secondary N) is 2. The molecule has 0 saturated carbocycles. The van der Waals surface area contributed by atoms with Crippen LogP contribution in [-0.2, 0) is 22.6 Å². The molecule has 0 aliphatic carbocycles. The van der Waals surface area contributed by atoms with Gasteiger partial charge in [0.1, 0.15) is 23.2 Å². The van der Waals surface area contributed by atoms with E-state index in [9.17, 15) is 27.2 Å². The average Bonchev–Trinajstić information content (AvgIpc) is 3.19. The molecule has 31 heavy (non-hydrogen) atoms. The highest BCUT2D eigenvalue weighted by atomic mass is 32.1. The second-order valence-corrected chi connectivity index (χ2v) is 7.14. The zero-order valence-electron chi connectivity index (χ0n) is 15.8. The van der Waals surface area contributed by atoms with Gasteiger partial charge in [-0.2, -0.15) is 0 Å². The van der Waals surface area contributed by atoms with Crippen LogP contribution in [0.1, 0.15) is 10.7 Å². The van der Waals surface area contributed by atoms with Gasteiger partial charge >= 0.3 is 0 Å². The van der Waals surface area contributed by atoms with Gasteiger partial charge in [0.2, 0.25) is 11.8 Å². The van der Waals surface area contributed by atoms with E-state index >= 15 is 0 Å². The van der Waals surface area contributed by atoms with Gasteiger partial charge < -0.3 is 15.4 Å². The van der Waals surface area contributed by atoms with Gasteiger partial charge in [-0.15, -0.1) is 11.3 Å². The number of benzene rings is 2. The van der Waals surface area contributed by atoms with Gasteiger partial charge in [0.25, 0.3) is 0 Å². The maximum atomic E-state index is 13.5. The van der Waals surface area contributed by atoms with Crippen molar-refractivity contribution in [2.45, 2.75) is 13.0 Å². The Balaban J connectivity index is 1.44. The second kappa shape index (κ2) is 10.0. The van der Waals surface area contributed by atoms with Crippen molar-refractivity contribution in [1.82, 2.24) is 10.3 Å². The molecule has 3 aromatic rings. The van der Waals surface area contributed by atoms with E-state index in [2.05, 4.69) is 10.3 Å². The van der Waals surface area contributed by atoms with E-state index in [0.717, 1.165) is 6.07 Å². The second-order valence-electron chi connectivity index (χ2n) is 6.20. The molecule has 6 nitrogen and oxygen atoms in total. The molecule has 0 fully saturated rings. The Kier molecular flexibility index (Phi) is 7.19. The van der Waals surface area contributed by atoms with Crippen molar-refractivity contribution < 1.29 is 31.9 Å². The molecule has 3 rings (SSSR count). The summed E-state index contributed by atoms with van der Waals surface area (Å²) in [5, 5.41) is 6.62. The van der Waals surface area contributed by atoms with Crippen molar-refractivity contribution in [2.24, 2.45) is 0 Å². The zero-order chi connectivity index (χ0) is 22.4. The van der Waals surface area contributed by atoms with Crippen LogP contribution in [0, 0.1) is 23.3 Å². The third-order valence-electron chi connectivity index (χ3n) is 3.87. The third kappa shape index (κ3) is 6.25. The van der Waals surface area contributed by atoms with Crippen LogP contribution in [0.5, 0.6) is 5.75 Å². The van der Waals surface area contributed by atoms with Crippen LogP contribution < -0.4 is 15.4 Å². The third-order valence-corrected chi connectivity index (χ3v) is 4.74. The highest BCUT2D eigenvalue weighted by Gasteiger charge is 2.16. The fraction of sp³-hybridized carbons (Fsp3) is 0.150. The average molecular weight is 453 g/mol. The van der Waals surface area contributed by atoms with Crippen molar-refractivity contribution >= 4 is 28.8 Å². The van der Waals surface area contributed by atoms with Crippen LogP contribution in [0.2, 0.25) is 0 Å². The molecular formula is C20H15F4N3O3S. The fourth-order valence-corrected chi connectivity index (χ4v) is 3.10. The number of rotatable bonds is 8. The summed E-state index contributed by atoms with van der Waals surface area (Å²) in [4.78, 5) is 28.0. The summed E-state index contributed by atoms with van der Waals surface area (Å²) in [7, 11) is 0. The molecule has 0 spiro atoms. The van der Waals surface area contributed by atoms with Crippen LogP contribution in [0.25, 0.3) is 0 Å². The Hall–Kier alpha value is -3.47. The Morgan fingerprint density at radius 2 is 1.71 bits per heavy atom. The van der Waals surface area contributed by atoms with E-state index in [1.165, 1.54) is 35.6 Å². The number of halogens is 4. The van der Waals surface area contributed by atoms with Crippen molar-refractivity contribution in [3.05, 3.63) is 75.7 Å². The lowest BCUT2D eigenvalue weighted by Crippen LogP contribution is -2.34. The standard InChI is InChI=1S/C20H15F4N3O3S/c21-11-1-3-13(4-2-11)30-9-18-26-12(10-31-18)7-16(28)25-8-17(29)27-15-6-5-14(22)19(23)20(15)24/h1-6,10H,7-9H2,(H,25,28)(H,27,29). The lowest BCUT2D eigenvalue weighted by molar-refractivity contribution is -0.123. The molecule has 2 amide bonds. The predicted octanol–water partition coefficient (Wildman–Crippen LogP) is 3.58. The molecule has 0 aliphatic heterocycles. The SMILES string of the molecule is O=C(Cc1csc(COc2ccc(F)cc2)n1)NCC(=O)Nc1ccc(F)c(F)c1F. The van der Waals surface area contributed by atoms with E-state index in [4.69, 9.17) is 4.74 Å². The van der Waals surface area contributed by atoms with Gasteiger partial charge in [0, 0.05) is 5.38 Å². The minimum atomic E-state index is -1.70. The highest BCUT2D eigenvalue weighted by Crippen LogP contribution is 2.19. The van der Waals surface area contributed by atoms with Crippen LogP contribution in [0.15, 0.2) is 41.8 Å². The minimum Gasteiger partial charge on any atom is -0.486 e. The van der Waals surface area contributed by atoms with Crippen molar-refractivity contribution in [3.8, 4) is 5.75 Å². The number of thiazole rings is 1. The van der Waals surface area contributed by atoms with Crippen molar-refractivity contribution in [2.75, 3.05) is 11.9 Å². The predicted molar refractivity (Wildman–Crippen MR) is 105 cm³/mol. The molecule has 2 aromatic carbocycles. The molecule has 1 heterocycles. The molecule has 0 unspecified atom stereocenters. The van der Waals surface area contributed by atoms with Gasteiger partial charge in [-0.25, -0.2) is 22.5 Å². The van der Waals surface area contributed by atoms with Gasteiger partial charge in [-0.05, 0) is 36.4 Å². The van der Waals surface area contributed by atoms with Gasteiger partial charge in [0.15, 0.2) is 17.5 Å². The van der Waals surface area contributed by atoms with E-state index in [0.29, 0.717) is 22.5 Å². The number of aromatic nitrogens is 1. The van der Waals surface area contributed by atoms with E-state index < -0.39 is 41.5 Å². The number of hydrogen-bond acceptors (Lipinski definition) is 5. The summed E-state index contributed by atoms with van der Waals surface area (Å²) < 4.78 is 58.0.